The first kappa shape index (κ1) is 24.1. The second-order valence-electron chi connectivity index (χ2n) is 10.3. The standard InChI is InChI=1S/C27H37NO4Si/c1-19-24(14-13-20-9-5-4-6-10-20)32-25(27(19)33(2,3)31)16-26(30)28-17-22-12-8-7-11-21(22)15-23(28)18-29/h4-12,19,23-25,27,29,31H,13-18H2,1-3H3/t19-,23+,24+,25-,27+/m1/s1. The van der Waals surface area contributed by atoms with Crippen LogP contribution in [0.25, 0.3) is 0 Å². The van der Waals surface area contributed by atoms with Gasteiger partial charge in [0.1, 0.15) is 0 Å². The summed E-state index contributed by atoms with van der Waals surface area (Å²) in [5, 5.41) is 9.98. The van der Waals surface area contributed by atoms with Crippen molar-refractivity contribution in [3.8, 4) is 0 Å². The highest BCUT2D eigenvalue weighted by molar-refractivity contribution is 6.71. The second kappa shape index (κ2) is 10.1. The number of fused-ring (bicyclic) bond motifs is 1. The van der Waals surface area contributed by atoms with E-state index in [-0.39, 0.29) is 48.6 Å². The van der Waals surface area contributed by atoms with Crippen LogP contribution in [0.5, 0.6) is 0 Å². The lowest BCUT2D eigenvalue weighted by atomic mass is 9.93. The summed E-state index contributed by atoms with van der Waals surface area (Å²) in [6, 6.07) is 18.3. The number of hydrogen-bond donors (Lipinski definition) is 2. The Morgan fingerprint density at radius 1 is 1.06 bits per heavy atom. The summed E-state index contributed by atoms with van der Waals surface area (Å²) in [5.41, 5.74) is 3.63. The minimum Gasteiger partial charge on any atom is -0.432 e. The predicted octanol–water partition coefficient (Wildman–Crippen LogP) is 3.93. The second-order valence-corrected chi connectivity index (χ2v) is 14.3. The van der Waals surface area contributed by atoms with Gasteiger partial charge in [0.05, 0.1) is 31.3 Å². The molecule has 5 atom stereocenters. The zero-order valence-electron chi connectivity index (χ0n) is 20.0. The molecule has 2 aromatic carbocycles. The molecule has 6 heteroatoms. The van der Waals surface area contributed by atoms with Crippen LogP contribution in [-0.2, 0) is 28.9 Å². The Morgan fingerprint density at radius 3 is 2.39 bits per heavy atom. The topological polar surface area (TPSA) is 70.0 Å². The highest BCUT2D eigenvalue weighted by Gasteiger charge is 2.50. The average Bonchev–Trinajstić information content (AvgIpc) is 3.12. The highest BCUT2D eigenvalue weighted by Crippen LogP contribution is 2.45. The van der Waals surface area contributed by atoms with Gasteiger partial charge in [0.2, 0.25) is 5.91 Å². The molecule has 0 aliphatic carbocycles. The van der Waals surface area contributed by atoms with E-state index in [2.05, 4.69) is 43.3 Å². The van der Waals surface area contributed by atoms with Crippen LogP contribution in [0.3, 0.4) is 0 Å². The predicted molar refractivity (Wildman–Crippen MR) is 132 cm³/mol. The monoisotopic (exact) mass is 467 g/mol. The van der Waals surface area contributed by atoms with Gasteiger partial charge in [0, 0.05) is 12.1 Å². The van der Waals surface area contributed by atoms with E-state index in [1.165, 1.54) is 11.1 Å². The normalized spacial score (nSPS) is 27.4. The van der Waals surface area contributed by atoms with Gasteiger partial charge in [0.15, 0.2) is 8.32 Å². The lowest BCUT2D eigenvalue weighted by Crippen LogP contribution is -2.48. The van der Waals surface area contributed by atoms with Crippen LogP contribution in [0.2, 0.25) is 18.6 Å². The number of aliphatic hydroxyl groups is 1. The molecule has 178 valence electrons. The first-order valence-corrected chi connectivity index (χ1v) is 15.2. The van der Waals surface area contributed by atoms with Crippen molar-refractivity contribution in [1.82, 2.24) is 4.90 Å². The summed E-state index contributed by atoms with van der Waals surface area (Å²) in [6.07, 6.45) is 2.48. The number of hydrogen-bond acceptors (Lipinski definition) is 4. The first-order chi connectivity index (χ1) is 15.8. The molecular formula is C27H37NO4Si. The molecule has 0 radical (unpaired) electrons. The van der Waals surface area contributed by atoms with Gasteiger partial charge in [0.25, 0.3) is 0 Å². The fourth-order valence-electron chi connectivity index (χ4n) is 5.89. The van der Waals surface area contributed by atoms with Crippen LogP contribution in [0.4, 0.5) is 0 Å². The van der Waals surface area contributed by atoms with E-state index >= 15 is 0 Å². The third-order valence-electron chi connectivity index (χ3n) is 7.54. The highest BCUT2D eigenvalue weighted by atomic mass is 28.4. The smallest absolute Gasteiger partial charge is 0.225 e. The summed E-state index contributed by atoms with van der Waals surface area (Å²) < 4.78 is 6.50. The molecule has 0 spiro atoms. The van der Waals surface area contributed by atoms with E-state index in [4.69, 9.17) is 4.74 Å². The summed E-state index contributed by atoms with van der Waals surface area (Å²) in [5.74, 6) is 0.210. The largest absolute Gasteiger partial charge is 0.432 e. The van der Waals surface area contributed by atoms with E-state index in [1.807, 2.05) is 36.2 Å². The third-order valence-corrected chi connectivity index (χ3v) is 10.1. The van der Waals surface area contributed by atoms with Gasteiger partial charge in [-0.25, -0.2) is 0 Å². The van der Waals surface area contributed by atoms with Crippen molar-refractivity contribution < 1.29 is 19.4 Å². The lowest BCUT2D eigenvalue weighted by Gasteiger charge is -2.37. The van der Waals surface area contributed by atoms with E-state index in [1.54, 1.807) is 0 Å². The third kappa shape index (κ3) is 5.40. The molecule has 5 nitrogen and oxygen atoms in total. The Bertz CT molecular complexity index is 945. The number of nitrogens with zero attached hydrogens (tertiary/aromatic N) is 1. The van der Waals surface area contributed by atoms with Gasteiger partial charge in [-0.15, -0.1) is 0 Å². The molecule has 33 heavy (non-hydrogen) atoms. The van der Waals surface area contributed by atoms with Crippen LogP contribution >= 0.6 is 0 Å². The minimum atomic E-state index is -2.54. The van der Waals surface area contributed by atoms with Crippen molar-refractivity contribution in [3.63, 3.8) is 0 Å². The Labute approximate surface area is 198 Å². The van der Waals surface area contributed by atoms with Crippen LogP contribution in [-0.4, -0.2) is 53.9 Å². The van der Waals surface area contributed by atoms with E-state index in [0.29, 0.717) is 13.0 Å². The number of ether oxygens (including phenoxy) is 1. The van der Waals surface area contributed by atoms with Gasteiger partial charge in [-0.05, 0) is 55.0 Å². The molecule has 1 saturated heterocycles. The van der Waals surface area contributed by atoms with Gasteiger partial charge >= 0.3 is 0 Å². The van der Waals surface area contributed by atoms with Crippen molar-refractivity contribution in [2.75, 3.05) is 6.61 Å². The van der Waals surface area contributed by atoms with Gasteiger partial charge in [-0.1, -0.05) is 61.5 Å². The quantitative estimate of drug-likeness (QED) is 0.606. The summed E-state index contributed by atoms with van der Waals surface area (Å²) >= 11 is 0. The maximum absolute atomic E-state index is 13.5. The Kier molecular flexibility index (Phi) is 7.39. The number of amides is 1. The number of carbonyl (C=O) groups is 1. The molecule has 1 amide bonds. The zero-order chi connectivity index (χ0) is 23.6. The van der Waals surface area contributed by atoms with Crippen LogP contribution < -0.4 is 0 Å². The molecule has 0 saturated carbocycles. The minimum absolute atomic E-state index is 0.00637. The van der Waals surface area contributed by atoms with Crippen molar-refractivity contribution in [3.05, 3.63) is 71.3 Å². The van der Waals surface area contributed by atoms with E-state index in [9.17, 15) is 14.7 Å². The van der Waals surface area contributed by atoms with E-state index < -0.39 is 8.32 Å². The van der Waals surface area contributed by atoms with Gasteiger partial charge in [-0.3, -0.25) is 4.79 Å². The molecule has 0 unspecified atom stereocenters. The molecule has 1 fully saturated rings. The first-order valence-electron chi connectivity index (χ1n) is 12.2. The maximum atomic E-state index is 13.5. The molecular weight excluding hydrogens is 430 g/mol. The van der Waals surface area contributed by atoms with Crippen LogP contribution in [0.1, 0.15) is 36.5 Å². The molecule has 0 aromatic heterocycles. The number of aliphatic hydroxyl groups excluding tert-OH is 1. The van der Waals surface area contributed by atoms with Crippen molar-refractivity contribution >= 4 is 14.2 Å². The van der Waals surface area contributed by atoms with Gasteiger partial charge < -0.3 is 19.5 Å². The Morgan fingerprint density at radius 2 is 1.73 bits per heavy atom. The fourth-order valence-corrected chi connectivity index (χ4v) is 8.50. The van der Waals surface area contributed by atoms with Crippen molar-refractivity contribution in [2.24, 2.45) is 5.92 Å². The number of aryl methyl sites for hydroxylation is 1. The molecule has 2 N–H and O–H groups in total. The summed E-state index contributed by atoms with van der Waals surface area (Å²) in [4.78, 5) is 26.4. The average molecular weight is 468 g/mol. The van der Waals surface area contributed by atoms with Gasteiger partial charge in [-0.2, -0.15) is 0 Å². The maximum Gasteiger partial charge on any atom is 0.225 e. The molecule has 0 bridgehead atoms. The van der Waals surface area contributed by atoms with E-state index in [0.717, 1.165) is 18.4 Å². The van der Waals surface area contributed by atoms with Crippen LogP contribution in [0.15, 0.2) is 54.6 Å². The SMILES string of the molecule is C[C@H]1[C@H]([Si](C)(C)O)[C@@H](CC(=O)N2Cc3ccccc3C[C@H]2CO)O[C@H]1CCc1ccccc1. The van der Waals surface area contributed by atoms with Crippen molar-refractivity contribution in [2.45, 2.75) is 76.0 Å². The molecule has 2 aromatic rings. The van der Waals surface area contributed by atoms with Crippen molar-refractivity contribution in [1.29, 1.82) is 0 Å². The van der Waals surface area contributed by atoms with Crippen LogP contribution in [0, 0.1) is 5.92 Å². The number of rotatable bonds is 7. The summed E-state index contributed by atoms with van der Waals surface area (Å²) in [6.45, 7) is 6.56. The fraction of sp³-hybridized carbons (Fsp3) is 0.519. The Balaban J connectivity index is 1.47. The summed E-state index contributed by atoms with van der Waals surface area (Å²) in [7, 11) is -2.54. The molecule has 2 aliphatic heterocycles. The zero-order valence-corrected chi connectivity index (χ0v) is 21.0. The Hall–Kier alpha value is -1.99. The lowest BCUT2D eigenvalue weighted by molar-refractivity contribution is -0.138. The number of carbonyl (C=O) groups excluding carboxylic acids is 1. The molecule has 4 rings (SSSR count). The molecule has 2 aliphatic rings. The molecule has 2 heterocycles. The number of benzene rings is 2.